The molecule has 0 aliphatic rings. The molecule has 2 aromatic rings. The highest BCUT2D eigenvalue weighted by molar-refractivity contribution is 7.11. The van der Waals surface area contributed by atoms with Crippen molar-refractivity contribution in [2.24, 2.45) is 0 Å². The normalized spacial score (nSPS) is 12.6. The molecule has 1 heterocycles. The van der Waals surface area contributed by atoms with Crippen molar-refractivity contribution >= 4 is 22.9 Å². The van der Waals surface area contributed by atoms with Gasteiger partial charge >= 0.3 is 0 Å². The van der Waals surface area contributed by atoms with E-state index in [1.165, 1.54) is 15.8 Å². The van der Waals surface area contributed by atoms with Crippen molar-refractivity contribution in [3.05, 3.63) is 56.5 Å². The number of hydrogen-bond acceptors (Lipinski definition) is 2. The maximum absolute atomic E-state index is 13.3. The van der Waals surface area contributed by atoms with E-state index in [1.807, 2.05) is 17.4 Å². The molecular weight excluding hydrogens is 305 g/mol. The fourth-order valence-electron chi connectivity index (χ4n) is 2.28. The van der Waals surface area contributed by atoms with Crippen molar-refractivity contribution in [1.29, 1.82) is 0 Å². The van der Waals surface area contributed by atoms with Crippen molar-refractivity contribution in [2.45, 2.75) is 39.2 Å². The van der Waals surface area contributed by atoms with E-state index >= 15 is 0 Å². The van der Waals surface area contributed by atoms with Crippen molar-refractivity contribution in [3.63, 3.8) is 0 Å². The lowest BCUT2D eigenvalue weighted by Crippen LogP contribution is -2.23. The van der Waals surface area contributed by atoms with Gasteiger partial charge in [0.25, 0.3) is 0 Å². The smallest absolute Gasteiger partial charge is 0.141 e. The first kappa shape index (κ1) is 16.5. The summed E-state index contributed by atoms with van der Waals surface area (Å²) >= 11 is 7.77. The molecule has 21 heavy (non-hydrogen) atoms. The summed E-state index contributed by atoms with van der Waals surface area (Å²) in [6.45, 7) is 5.25. The number of rotatable bonds is 7. The summed E-state index contributed by atoms with van der Waals surface area (Å²) in [7, 11) is 0. The lowest BCUT2D eigenvalue weighted by Gasteiger charge is -2.19. The molecule has 1 unspecified atom stereocenters. The Morgan fingerprint density at radius 1 is 1.19 bits per heavy atom. The largest absolute Gasteiger partial charge is 0.310 e. The second-order valence-corrected chi connectivity index (χ2v) is 6.77. The third kappa shape index (κ3) is 4.53. The molecule has 0 aliphatic heterocycles. The molecule has 1 aromatic carbocycles. The highest BCUT2D eigenvalue weighted by atomic mass is 35.5. The van der Waals surface area contributed by atoms with Crippen LogP contribution in [0.2, 0.25) is 5.02 Å². The van der Waals surface area contributed by atoms with Crippen LogP contribution in [-0.2, 0) is 12.8 Å². The summed E-state index contributed by atoms with van der Waals surface area (Å²) in [5.74, 6) is -0.362. The van der Waals surface area contributed by atoms with Gasteiger partial charge in [0.1, 0.15) is 5.82 Å². The number of nitrogens with one attached hydrogen (secondary N) is 1. The van der Waals surface area contributed by atoms with Gasteiger partial charge < -0.3 is 5.32 Å². The van der Waals surface area contributed by atoms with Crippen molar-refractivity contribution in [3.8, 4) is 0 Å². The summed E-state index contributed by atoms with van der Waals surface area (Å²) in [5.41, 5.74) is 1.04. The number of aryl methyl sites for hydroxylation is 1. The Hall–Kier alpha value is -0.900. The highest BCUT2D eigenvalue weighted by Crippen LogP contribution is 2.27. The van der Waals surface area contributed by atoms with Gasteiger partial charge in [0, 0.05) is 22.2 Å². The lowest BCUT2D eigenvalue weighted by molar-refractivity contribution is 0.530. The van der Waals surface area contributed by atoms with Crippen LogP contribution in [0, 0.1) is 5.82 Å². The summed E-state index contributed by atoms with van der Waals surface area (Å²) in [4.78, 5) is 2.75. The molecule has 0 spiro atoms. The van der Waals surface area contributed by atoms with Crippen molar-refractivity contribution in [2.75, 3.05) is 6.54 Å². The SMILES string of the molecule is CCCNC(Cc1ccc(CC)s1)c1ccc(F)c(Cl)c1. The van der Waals surface area contributed by atoms with Crippen molar-refractivity contribution < 1.29 is 4.39 Å². The minimum Gasteiger partial charge on any atom is -0.310 e. The Morgan fingerprint density at radius 3 is 2.57 bits per heavy atom. The van der Waals surface area contributed by atoms with Crippen LogP contribution in [0.25, 0.3) is 0 Å². The molecule has 114 valence electrons. The monoisotopic (exact) mass is 325 g/mol. The van der Waals surface area contributed by atoms with Gasteiger partial charge in [-0.15, -0.1) is 11.3 Å². The molecule has 4 heteroatoms. The Kier molecular flexibility index (Phi) is 6.22. The zero-order valence-corrected chi connectivity index (χ0v) is 14.0. The molecule has 0 radical (unpaired) electrons. The van der Waals surface area contributed by atoms with Crippen LogP contribution in [0.1, 0.15) is 41.6 Å². The average molecular weight is 326 g/mol. The van der Waals surface area contributed by atoms with Crippen LogP contribution in [0.5, 0.6) is 0 Å². The van der Waals surface area contributed by atoms with Gasteiger partial charge in [-0.2, -0.15) is 0 Å². The summed E-state index contributed by atoms with van der Waals surface area (Å²) in [6, 6.07) is 9.56. The first-order chi connectivity index (χ1) is 10.1. The molecule has 0 amide bonds. The maximum atomic E-state index is 13.3. The van der Waals surface area contributed by atoms with Crippen LogP contribution in [0.4, 0.5) is 4.39 Å². The van der Waals surface area contributed by atoms with Gasteiger partial charge in [-0.1, -0.05) is 31.5 Å². The quantitative estimate of drug-likeness (QED) is 0.720. The lowest BCUT2D eigenvalue weighted by atomic mass is 10.0. The Balaban J connectivity index is 2.18. The van der Waals surface area contributed by atoms with Crippen LogP contribution in [-0.4, -0.2) is 6.54 Å². The van der Waals surface area contributed by atoms with E-state index in [9.17, 15) is 4.39 Å². The van der Waals surface area contributed by atoms with E-state index in [-0.39, 0.29) is 16.9 Å². The fraction of sp³-hybridized carbons (Fsp3) is 0.412. The zero-order chi connectivity index (χ0) is 15.2. The number of benzene rings is 1. The van der Waals surface area contributed by atoms with Gasteiger partial charge in [0.15, 0.2) is 0 Å². The second-order valence-electron chi connectivity index (χ2n) is 5.11. The summed E-state index contributed by atoms with van der Waals surface area (Å²) < 4.78 is 13.3. The minimum atomic E-state index is -0.362. The zero-order valence-electron chi connectivity index (χ0n) is 12.5. The van der Waals surface area contributed by atoms with Crippen LogP contribution in [0.3, 0.4) is 0 Å². The minimum absolute atomic E-state index is 0.173. The van der Waals surface area contributed by atoms with E-state index in [4.69, 9.17) is 11.6 Å². The molecule has 0 saturated heterocycles. The standard InChI is InChI=1S/C17H21ClFNS/c1-3-9-20-17(11-14-7-6-13(4-2)21-14)12-5-8-16(19)15(18)10-12/h5-8,10,17,20H,3-4,9,11H2,1-2H3. The van der Waals surface area contributed by atoms with Gasteiger partial charge in [-0.3, -0.25) is 0 Å². The molecule has 1 nitrogen and oxygen atoms in total. The molecular formula is C17H21ClFNS. The van der Waals surface area contributed by atoms with E-state index < -0.39 is 0 Å². The number of thiophene rings is 1. The Bertz CT molecular complexity index is 582. The molecule has 1 aromatic heterocycles. The van der Waals surface area contributed by atoms with Crippen LogP contribution >= 0.6 is 22.9 Å². The molecule has 1 N–H and O–H groups in total. The molecule has 2 rings (SSSR count). The van der Waals surface area contributed by atoms with Gasteiger partial charge in [0.2, 0.25) is 0 Å². The molecule has 1 atom stereocenters. The third-order valence-corrected chi connectivity index (χ3v) is 5.00. The Labute approximate surface area is 135 Å². The van der Waals surface area contributed by atoms with Gasteiger partial charge in [0.05, 0.1) is 5.02 Å². The predicted octanol–water partition coefficient (Wildman–Crippen LogP) is 5.39. The van der Waals surface area contributed by atoms with Crippen LogP contribution in [0.15, 0.2) is 30.3 Å². The molecule has 0 fully saturated rings. The average Bonchev–Trinajstić information content (AvgIpc) is 2.94. The number of hydrogen-bond donors (Lipinski definition) is 1. The molecule has 0 bridgehead atoms. The van der Waals surface area contributed by atoms with Gasteiger partial charge in [-0.25, -0.2) is 4.39 Å². The first-order valence-corrected chi connectivity index (χ1v) is 8.59. The van der Waals surface area contributed by atoms with Gasteiger partial charge in [-0.05, 0) is 49.2 Å². The van der Waals surface area contributed by atoms with E-state index in [1.54, 1.807) is 6.07 Å². The molecule has 0 aliphatic carbocycles. The first-order valence-electron chi connectivity index (χ1n) is 7.40. The fourth-order valence-corrected chi connectivity index (χ4v) is 3.47. The topological polar surface area (TPSA) is 12.0 Å². The number of halogens is 2. The summed E-state index contributed by atoms with van der Waals surface area (Å²) in [5, 5.41) is 3.72. The van der Waals surface area contributed by atoms with E-state index in [0.717, 1.165) is 31.4 Å². The maximum Gasteiger partial charge on any atom is 0.141 e. The van der Waals surface area contributed by atoms with E-state index in [0.29, 0.717) is 0 Å². The van der Waals surface area contributed by atoms with Crippen molar-refractivity contribution in [1.82, 2.24) is 5.32 Å². The van der Waals surface area contributed by atoms with Crippen LogP contribution < -0.4 is 5.32 Å². The predicted molar refractivity (Wildman–Crippen MR) is 89.8 cm³/mol. The highest BCUT2D eigenvalue weighted by Gasteiger charge is 2.14. The second kappa shape index (κ2) is 7.92. The molecule has 0 saturated carbocycles. The Morgan fingerprint density at radius 2 is 1.95 bits per heavy atom. The summed E-state index contributed by atoms with van der Waals surface area (Å²) in [6.07, 6.45) is 3.04. The third-order valence-electron chi connectivity index (χ3n) is 3.46. The van der Waals surface area contributed by atoms with E-state index in [2.05, 4.69) is 31.3 Å².